The number of hydrogen-bond donors (Lipinski definition) is 3. The number of aromatic nitrogens is 1. The minimum atomic E-state index is -0.807. The summed E-state index contributed by atoms with van der Waals surface area (Å²) in [5.41, 5.74) is 6.60. The predicted octanol–water partition coefficient (Wildman–Crippen LogP) is 0.290. The zero-order valence-electron chi connectivity index (χ0n) is 8.56. The molecule has 1 aliphatic heterocycles. The van der Waals surface area contributed by atoms with Crippen molar-refractivity contribution in [1.29, 1.82) is 0 Å². The number of carbonyl (C=O) groups excluding carboxylic acids is 2. The molecule has 4 N–H and O–H groups in total. The number of nitrogen functional groups attached to an aromatic ring is 1. The summed E-state index contributed by atoms with van der Waals surface area (Å²) in [6.07, 6.45) is 0. The number of nitrogens with one attached hydrogen (secondary N) is 2. The molecule has 0 spiro atoms. The number of carbonyl (C=O) groups is 2. The standard InChI is InChI=1S/C10H8N4O3/c11-7-2-1-5-4(12-7)3-6(17-5)8-9(15)14-10(16)13-8/h1-3,8H,(H2,11,12)(H2,13,14,15,16). The Balaban J connectivity index is 2.06. The molecule has 86 valence electrons. The van der Waals surface area contributed by atoms with Crippen LogP contribution in [0.4, 0.5) is 10.6 Å². The molecule has 3 rings (SSSR count). The maximum absolute atomic E-state index is 11.4. The van der Waals surface area contributed by atoms with Gasteiger partial charge in [-0.15, -0.1) is 0 Å². The topological polar surface area (TPSA) is 110 Å². The molecular formula is C10H8N4O3. The van der Waals surface area contributed by atoms with E-state index in [2.05, 4.69) is 15.6 Å². The Kier molecular flexibility index (Phi) is 1.82. The average molecular weight is 232 g/mol. The molecule has 0 bridgehead atoms. The van der Waals surface area contributed by atoms with Crippen LogP contribution in [0.25, 0.3) is 11.1 Å². The van der Waals surface area contributed by atoms with Gasteiger partial charge in [0.15, 0.2) is 11.6 Å². The fraction of sp³-hybridized carbons (Fsp3) is 0.100. The summed E-state index contributed by atoms with van der Waals surface area (Å²) in [6.45, 7) is 0. The van der Waals surface area contributed by atoms with E-state index < -0.39 is 18.0 Å². The second-order valence-electron chi connectivity index (χ2n) is 3.66. The fourth-order valence-corrected chi connectivity index (χ4v) is 1.72. The van der Waals surface area contributed by atoms with Gasteiger partial charge < -0.3 is 15.5 Å². The Morgan fingerprint density at radius 3 is 2.88 bits per heavy atom. The van der Waals surface area contributed by atoms with E-state index in [1.54, 1.807) is 18.2 Å². The molecule has 0 aliphatic carbocycles. The molecule has 1 unspecified atom stereocenters. The lowest BCUT2D eigenvalue weighted by molar-refractivity contribution is -0.120. The van der Waals surface area contributed by atoms with Crippen LogP contribution in [0.2, 0.25) is 0 Å². The Morgan fingerprint density at radius 2 is 2.18 bits per heavy atom. The van der Waals surface area contributed by atoms with E-state index in [0.717, 1.165) is 0 Å². The van der Waals surface area contributed by atoms with Gasteiger partial charge in [0.2, 0.25) is 0 Å². The van der Waals surface area contributed by atoms with Gasteiger partial charge in [-0.25, -0.2) is 9.78 Å². The van der Waals surface area contributed by atoms with E-state index in [4.69, 9.17) is 10.2 Å². The summed E-state index contributed by atoms with van der Waals surface area (Å²) < 4.78 is 5.43. The number of nitrogens with zero attached hydrogens (tertiary/aromatic N) is 1. The number of rotatable bonds is 1. The zero-order chi connectivity index (χ0) is 12.0. The number of urea groups is 1. The highest BCUT2D eigenvalue weighted by molar-refractivity contribution is 6.04. The molecule has 17 heavy (non-hydrogen) atoms. The third kappa shape index (κ3) is 1.48. The van der Waals surface area contributed by atoms with Crippen molar-refractivity contribution in [2.45, 2.75) is 6.04 Å². The van der Waals surface area contributed by atoms with Gasteiger partial charge in [0, 0.05) is 6.07 Å². The first-order valence-electron chi connectivity index (χ1n) is 4.91. The molecule has 3 amide bonds. The molecule has 1 saturated heterocycles. The first-order chi connectivity index (χ1) is 8.13. The lowest BCUT2D eigenvalue weighted by atomic mass is 10.2. The Labute approximate surface area is 95.0 Å². The van der Waals surface area contributed by atoms with E-state index >= 15 is 0 Å². The number of pyridine rings is 1. The number of nitrogens with two attached hydrogens (primary N) is 1. The van der Waals surface area contributed by atoms with E-state index in [1.165, 1.54) is 0 Å². The fourth-order valence-electron chi connectivity index (χ4n) is 1.72. The maximum atomic E-state index is 11.4. The highest BCUT2D eigenvalue weighted by Crippen LogP contribution is 2.24. The van der Waals surface area contributed by atoms with E-state index in [9.17, 15) is 9.59 Å². The van der Waals surface area contributed by atoms with Crippen molar-refractivity contribution < 1.29 is 14.0 Å². The van der Waals surface area contributed by atoms with Crippen LogP contribution < -0.4 is 16.4 Å². The quantitative estimate of drug-likeness (QED) is 0.612. The normalized spacial score (nSPS) is 19.4. The molecule has 1 fully saturated rings. The average Bonchev–Trinajstić information content (AvgIpc) is 2.80. The predicted molar refractivity (Wildman–Crippen MR) is 57.8 cm³/mol. The SMILES string of the molecule is Nc1ccc2oc(C3NC(=O)NC3=O)cc2n1. The number of furan rings is 1. The van der Waals surface area contributed by atoms with Crippen molar-refractivity contribution in [2.24, 2.45) is 0 Å². The minimum Gasteiger partial charge on any atom is -0.457 e. The Bertz CT molecular complexity index is 634. The molecule has 7 heteroatoms. The van der Waals surface area contributed by atoms with Crippen LogP contribution in [-0.4, -0.2) is 16.9 Å². The van der Waals surface area contributed by atoms with Crippen LogP contribution in [0.1, 0.15) is 11.8 Å². The van der Waals surface area contributed by atoms with Gasteiger partial charge in [-0.2, -0.15) is 0 Å². The second-order valence-corrected chi connectivity index (χ2v) is 3.66. The smallest absolute Gasteiger partial charge is 0.322 e. The first kappa shape index (κ1) is 9.64. The van der Waals surface area contributed by atoms with Crippen molar-refractivity contribution in [3.8, 4) is 0 Å². The third-order valence-electron chi connectivity index (χ3n) is 2.47. The molecule has 0 saturated carbocycles. The molecule has 1 atom stereocenters. The number of hydrogen-bond acceptors (Lipinski definition) is 5. The largest absolute Gasteiger partial charge is 0.457 e. The zero-order valence-corrected chi connectivity index (χ0v) is 8.56. The highest BCUT2D eigenvalue weighted by Gasteiger charge is 2.33. The molecule has 7 nitrogen and oxygen atoms in total. The molecule has 0 aromatic carbocycles. The van der Waals surface area contributed by atoms with Crippen molar-refractivity contribution in [1.82, 2.24) is 15.6 Å². The van der Waals surface area contributed by atoms with E-state index in [0.29, 0.717) is 22.7 Å². The summed E-state index contributed by atoms with van der Waals surface area (Å²) in [7, 11) is 0. The van der Waals surface area contributed by atoms with Crippen LogP contribution in [0.15, 0.2) is 22.6 Å². The maximum Gasteiger partial charge on any atom is 0.322 e. The summed E-state index contributed by atoms with van der Waals surface area (Å²) in [4.78, 5) is 26.5. The van der Waals surface area contributed by atoms with Gasteiger partial charge in [0.05, 0.1) is 0 Å². The van der Waals surface area contributed by atoms with Crippen molar-refractivity contribution in [3.05, 3.63) is 24.0 Å². The lowest BCUT2D eigenvalue weighted by Crippen LogP contribution is -2.22. The molecule has 2 aromatic rings. The van der Waals surface area contributed by atoms with Crippen molar-refractivity contribution in [2.75, 3.05) is 5.73 Å². The summed E-state index contributed by atoms with van der Waals surface area (Å²) >= 11 is 0. The molecule has 0 radical (unpaired) electrons. The number of imide groups is 1. The summed E-state index contributed by atoms with van der Waals surface area (Å²) in [5.74, 6) is 0.258. The van der Waals surface area contributed by atoms with Gasteiger partial charge in [-0.05, 0) is 12.1 Å². The monoisotopic (exact) mass is 232 g/mol. The van der Waals surface area contributed by atoms with Gasteiger partial charge in [-0.1, -0.05) is 0 Å². The number of fused-ring (bicyclic) bond motifs is 1. The highest BCUT2D eigenvalue weighted by atomic mass is 16.3. The summed E-state index contributed by atoms with van der Waals surface area (Å²) in [6, 6.07) is 3.51. The van der Waals surface area contributed by atoms with Crippen molar-refractivity contribution >= 4 is 28.9 Å². The lowest BCUT2D eigenvalue weighted by Gasteiger charge is -2.00. The van der Waals surface area contributed by atoms with Crippen LogP contribution in [0.3, 0.4) is 0 Å². The van der Waals surface area contributed by atoms with Crippen LogP contribution in [0.5, 0.6) is 0 Å². The second kappa shape index (κ2) is 3.21. The van der Waals surface area contributed by atoms with E-state index in [-0.39, 0.29) is 0 Å². The Hall–Kier alpha value is -2.57. The van der Waals surface area contributed by atoms with Crippen molar-refractivity contribution in [3.63, 3.8) is 0 Å². The molecular weight excluding hydrogens is 224 g/mol. The number of anilines is 1. The van der Waals surface area contributed by atoms with Crippen LogP contribution in [0, 0.1) is 0 Å². The van der Waals surface area contributed by atoms with E-state index in [1.807, 2.05) is 0 Å². The van der Waals surface area contributed by atoms with Gasteiger partial charge in [-0.3, -0.25) is 10.1 Å². The molecule has 2 aromatic heterocycles. The minimum absolute atomic E-state index is 0.335. The molecule has 1 aliphatic rings. The van der Waals surface area contributed by atoms with Crippen LogP contribution >= 0.6 is 0 Å². The number of amides is 3. The third-order valence-corrected chi connectivity index (χ3v) is 2.47. The summed E-state index contributed by atoms with van der Waals surface area (Å²) in [5, 5.41) is 4.57. The first-order valence-corrected chi connectivity index (χ1v) is 4.91. The Morgan fingerprint density at radius 1 is 1.35 bits per heavy atom. The van der Waals surface area contributed by atoms with Gasteiger partial charge in [0.1, 0.15) is 17.1 Å². The van der Waals surface area contributed by atoms with Gasteiger partial charge >= 0.3 is 6.03 Å². The molecule has 3 heterocycles. The van der Waals surface area contributed by atoms with Gasteiger partial charge in [0.25, 0.3) is 5.91 Å². The van der Waals surface area contributed by atoms with Crippen LogP contribution in [-0.2, 0) is 4.79 Å².